The number of thioether (sulfide) groups is 2. The average molecular weight is 266 g/mol. The number of hydrogen-bond donors (Lipinski definition) is 1. The van der Waals surface area contributed by atoms with Crippen LogP contribution in [-0.2, 0) is 4.74 Å². The van der Waals surface area contributed by atoms with Gasteiger partial charge < -0.3 is 9.84 Å². The normalized spacial score (nSPS) is 12.9. The fourth-order valence-corrected chi connectivity index (χ4v) is 3.24. The second-order valence-electron chi connectivity index (χ2n) is 3.74. The summed E-state index contributed by atoms with van der Waals surface area (Å²) >= 11 is 3.76. The number of rotatable bonds is 12. The van der Waals surface area contributed by atoms with Gasteiger partial charge in [0.2, 0.25) is 0 Å². The lowest BCUT2D eigenvalue weighted by atomic mass is 10.2. The Labute approximate surface area is 109 Å². The van der Waals surface area contributed by atoms with Crippen molar-refractivity contribution in [2.24, 2.45) is 0 Å². The van der Waals surface area contributed by atoms with E-state index in [0.29, 0.717) is 6.61 Å². The standard InChI is InChI=1S/C12H26O2S2/c1-3-4-5-6-7-12(14-9-8-13)16-11-10-15-2/h12-13H,3-11H2,1-2H3. The molecule has 0 spiro atoms. The van der Waals surface area contributed by atoms with Crippen molar-refractivity contribution in [2.45, 2.75) is 44.5 Å². The minimum Gasteiger partial charge on any atom is -0.394 e. The van der Waals surface area contributed by atoms with E-state index in [1.54, 1.807) is 0 Å². The van der Waals surface area contributed by atoms with E-state index in [0.717, 1.165) is 12.2 Å². The largest absolute Gasteiger partial charge is 0.394 e. The fraction of sp³-hybridized carbons (Fsp3) is 1.00. The van der Waals surface area contributed by atoms with Crippen molar-refractivity contribution >= 4 is 23.5 Å². The van der Waals surface area contributed by atoms with Crippen LogP contribution >= 0.6 is 23.5 Å². The topological polar surface area (TPSA) is 29.5 Å². The Morgan fingerprint density at radius 1 is 1.19 bits per heavy atom. The Bertz CT molecular complexity index is 134. The van der Waals surface area contributed by atoms with Crippen LogP contribution in [0, 0.1) is 0 Å². The Morgan fingerprint density at radius 3 is 2.62 bits per heavy atom. The van der Waals surface area contributed by atoms with Crippen molar-refractivity contribution in [2.75, 3.05) is 31.0 Å². The molecule has 1 N–H and O–H groups in total. The van der Waals surface area contributed by atoms with Crippen molar-refractivity contribution in [3.05, 3.63) is 0 Å². The predicted molar refractivity (Wildman–Crippen MR) is 76.4 cm³/mol. The highest BCUT2D eigenvalue weighted by Crippen LogP contribution is 2.20. The van der Waals surface area contributed by atoms with Gasteiger partial charge in [0, 0.05) is 11.5 Å². The average Bonchev–Trinajstić information content (AvgIpc) is 2.31. The zero-order chi connectivity index (χ0) is 12.1. The third kappa shape index (κ3) is 11.1. The second kappa shape index (κ2) is 13.7. The molecule has 0 saturated carbocycles. The van der Waals surface area contributed by atoms with Crippen molar-refractivity contribution < 1.29 is 9.84 Å². The summed E-state index contributed by atoms with van der Waals surface area (Å²) in [5, 5.41) is 8.76. The molecular formula is C12H26O2S2. The molecule has 0 heterocycles. The molecule has 0 aliphatic carbocycles. The molecule has 0 fully saturated rings. The maximum absolute atomic E-state index is 8.76. The highest BCUT2D eigenvalue weighted by Gasteiger charge is 2.08. The molecule has 1 atom stereocenters. The lowest BCUT2D eigenvalue weighted by Gasteiger charge is -2.16. The second-order valence-corrected chi connectivity index (χ2v) is 5.99. The summed E-state index contributed by atoms with van der Waals surface area (Å²) in [6, 6.07) is 0. The van der Waals surface area contributed by atoms with Crippen LogP contribution in [0.1, 0.15) is 39.0 Å². The minimum atomic E-state index is 0.133. The highest BCUT2D eigenvalue weighted by molar-refractivity contribution is 8.02. The first-order chi connectivity index (χ1) is 7.85. The van der Waals surface area contributed by atoms with E-state index in [1.165, 1.54) is 31.4 Å². The molecule has 16 heavy (non-hydrogen) atoms. The van der Waals surface area contributed by atoms with Crippen LogP contribution in [0.2, 0.25) is 0 Å². The summed E-state index contributed by atoms with van der Waals surface area (Å²) in [6.07, 6.45) is 8.41. The summed E-state index contributed by atoms with van der Waals surface area (Å²) in [6.45, 7) is 2.84. The van der Waals surface area contributed by atoms with Gasteiger partial charge in [-0.15, -0.1) is 11.8 Å². The SMILES string of the molecule is CCCCCCC(OCCO)SCCSC. The molecule has 98 valence electrons. The molecule has 0 bridgehead atoms. The van der Waals surface area contributed by atoms with Gasteiger partial charge in [0.1, 0.15) is 5.44 Å². The molecule has 0 amide bonds. The summed E-state index contributed by atoms with van der Waals surface area (Å²) in [7, 11) is 0. The molecule has 0 aromatic heterocycles. The van der Waals surface area contributed by atoms with Gasteiger partial charge in [-0.25, -0.2) is 0 Å². The number of hydrogen-bond acceptors (Lipinski definition) is 4. The number of ether oxygens (including phenoxy) is 1. The van der Waals surface area contributed by atoms with E-state index in [1.807, 2.05) is 23.5 Å². The van der Waals surface area contributed by atoms with Gasteiger partial charge in [0.25, 0.3) is 0 Å². The van der Waals surface area contributed by atoms with Crippen LogP contribution in [0.3, 0.4) is 0 Å². The molecule has 0 rings (SSSR count). The van der Waals surface area contributed by atoms with Crippen LogP contribution in [0.15, 0.2) is 0 Å². The van der Waals surface area contributed by atoms with Gasteiger partial charge in [-0.05, 0) is 19.1 Å². The lowest BCUT2D eigenvalue weighted by Crippen LogP contribution is -2.13. The van der Waals surface area contributed by atoms with Gasteiger partial charge >= 0.3 is 0 Å². The summed E-state index contributed by atoms with van der Waals surface area (Å²) in [4.78, 5) is 0. The van der Waals surface area contributed by atoms with E-state index >= 15 is 0 Å². The highest BCUT2D eigenvalue weighted by atomic mass is 32.2. The smallest absolute Gasteiger partial charge is 0.103 e. The summed E-state index contributed by atoms with van der Waals surface area (Å²) in [5.74, 6) is 2.32. The quantitative estimate of drug-likeness (QED) is 0.433. The van der Waals surface area contributed by atoms with Crippen LogP contribution in [0.25, 0.3) is 0 Å². The minimum absolute atomic E-state index is 0.133. The molecule has 0 saturated heterocycles. The predicted octanol–water partition coefficient (Wildman–Crippen LogP) is 3.39. The monoisotopic (exact) mass is 266 g/mol. The van der Waals surface area contributed by atoms with Gasteiger partial charge in [0.05, 0.1) is 13.2 Å². The fourth-order valence-electron chi connectivity index (χ4n) is 1.40. The zero-order valence-corrected chi connectivity index (χ0v) is 12.2. The Kier molecular flexibility index (Phi) is 14.2. The van der Waals surface area contributed by atoms with Crippen molar-refractivity contribution in [3.63, 3.8) is 0 Å². The summed E-state index contributed by atoms with van der Waals surface area (Å²) in [5.41, 5.74) is 0.288. The number of aliphatic hydroxyl groups excluding tert-OH is 1. The van der Waals surface area contributed by atoms with Crippen LogP contribution in [0.4, 0.5) is 0 Å². The van der Waals surface area contributed by atoms with E-state index < -0.39 is 0 Å². The van der Waals surface area contributed by atoms with Gasteiger partial charge in [-0.3, -0.25) is 0 Å². The van der Waals surface area contributed by atoms with Gasteiger partial charge in [-0.2, -0.15) is 11.8 Å². The third-order valence-electron chi connectivity index (χ3n) is 2.28. The van der Waals surface area contributed by atoms with E-state index in [-0.39, 0.29) is 12.0 Å². The van der Waals surface area contributed by atoms with E-state index in [2.05, 4.69) is 13.2 Å². The van der Waals surface area contributed by atoms with Crippen molar-refractivity contribution in [3.8, 4) is 0 Å². The van der Waals surface area contributed by atoms with E-state index in [4.69, 9.17) is 9.84 Å². The van der Waals surface area contributed by atoms with Crippen LogP contribution in [0.5, 0.6) is 0 Å². The molecule has 0 aliphatic heterocycles. The first-order valence-corrected chi connectivity index (χ1v) is 8.62. The van der Waals surface area contributed by atoms with Crippen LogP contribution < -0.4 is 0 Å². The van der Waals surface area contributed by atoms with Crippen LogP contribution in [-0.4, -0.2) is 41.5 Å². The van der Waals surface area contributed by atoms with Crippen molar-refractivity contribution in [1.29, 1.82) is 0 Å². The molecule has 4 heteroatoms. The summed E-state index contributed by atoms with van der Waals surface area (Å²) < 4.78 is 5.62. The third-order valence-corrected chi connectivity index (χ3v) is 4.33. The number of aliphatic hydroxyl groups is 1. The molecule has 0 aromatic carbocycles. The Morgan fingerprint density at radius 2 is 2.00 bits per heavy atom. The Balaban J connectivity index is 3.54. The Hall–Kier alpha value is 0.620. The molecule has 0 aromatic rings. The zero-order valence-electron chi connectivity index (χ0n) is 10.6. The molecule has 2 nitrogen and oxygen atoms in total. The maximum atomic E-state index is 8.76. The maximum Gasteiger partial charge on any atom is 0.103 e. The molecule has 1 unspecified atom stereocenters. The molecule has 0 aliphatic rings. The molecule has 0 radical (unpaired) electrons. The van der Waals surface area contributed by atoms with Gasteiger partial charge in [-0.1, -0.05) is 26.2 Å². The van der Waals surface area contributed by atoms with Crippen molar-refractivity contribution in [1.82, 2.24) is 0 Å². The van der Waals surface area contributed by atoms with Gasteiger partial charge in [0.15, 0.2) is 0 Å². The first-order valence-electron chi connectivity index (χ1n) is 6.18. The lowest BCUT2D eigenvalue weighted by molar-refractivity contribution is 0.0707. The van der Waals surface area contributed by atoms with E-state index in [9.17, 15) is 0 Å². The first kappa shape index (κ1) is 16.6. The number of unbranched alkanes of at least 4 members (excludes halogenated alkanes) is 3. The molecular weight excluding hydrogens is 240 g/mol.